The highest BCUT2D eigenvalue weighted by Crippen LogP contribution is 2.28. The molecule has 0 N–H and O–H groups in total. The van der Waals surface area contributed by atoms with Crippen molar-refractivity contribution < 1.29 is 9.47 Å². The average molecular weight is 307 g/mol. The molecule has 0 saturated heterocycles. The summed E-state index contributed by atoms with van der Waals surface area (Å²) in [6.45, 7) is 7.30. The third-order valence-electron chi connectivity index (χ3n) is 3.83. The highest BCUT2D eigenvalue weighted by molar-refractivity contribution is 5.42. The smallest absolute Gasteiger partial charge is 0.161 e. The number of benzene rings is 1. The summed E-state index contributed by atoms with van der Waals surface area (Å²) < 4.78 is 11.3. The van der Waals surface area contributed by atoms with Gasteiger partial charge in [-0.15, -0.1) is 0 Å². The molecule has 3 heteroatoms. The largest absolute Gasteiger partial charge is 0.493 e. The highest BCUT2D eigenvalue weighted by atomic mass is 16.5. The predicted octanol–water partition coefficient (Wildman–Crippen LogP) is 4.89. The van der Waals surface area contributed by atoms with Gasteiger partial charge < -0.3 is 14.4 Å². The number of rotatable bonds is 12. The van der Waals surface area contributed by atoms with Crippen LogP contribution in [-0.4, -0.2) is 32.2 Å². The maximum absolute atomic E-state index is 5.86. The molecule has 0 aliphatic heterocycles. The number of ether oxygens (including phenoxy) is 2. The summed E-state index contributed by atoms with van der Waals surface area (Å²) >= 11 is 0. The Morgan fingerprint density at radius 2 is 1.73 bits per heavy atom. The number of hydrogen-bond donors (Lipinski definition) is 0. The van der Waals surface area contributed by atoms with E-state index >= 15 is 0 Å². The number of hydrogen-bond acceptors (Lipinski definition) is 3. The molecule has 0 aliphatic rings. The van der Waals surface area contributed by atoms with Gasteiger partial charge in [0.05, 0.1) is 13.7 Å². The standard InChI is InChI=1S/C19H33NO2/c1-5-7-9-10-14-22-18-12-11-17(15-19(18)21-4)16-20(3)13-8-6-2/h11-12,15H,5-10,13-14,16H2,1-4H3. The highest BCUT2D eigenvalue weighted by Gasteiger charge is 2.07. The SMILES string of the molecule is CCCCCCOc1ccc(CN(C)CCCC)cc1OC. The Morgan fingerprint density at radius 3 is 2.41 bits per heavy atom. The Bertz CT molecular complexity index is 406. The molecule has 0 radical (unpaired) electrons. The van der Waals surface area contributed by atoms with Crippen LogP contribution >= 0.6 is 0 Å². The molecule has 0 saturated carbocycles. The minimum absolute atomic E-state index is 0.770. The molecule has 0 aromatic heterocycles. The molecule has 0 aliphatic carbocycles. The molecule has 3 nitrogen and oxygen atoms in total. The van der Waals surface area contributed by atoms with Crippen molar-refractivity contribution in [2.45, 2.75) is 58.9 Å². The zero-order valence-electron chi connectivity index (χ0n) is 14.9. The topological polar surface area (TPSA) is 21.7 Å². The lowest BCUT2D eigenvalue weighted by molar-refractivity contribution is 0.283. The van der Waals surface area contributed by atoms with Crippen LogP contribution in [0.25, 0.3) is 0 Å². The molecule has 0 fully saturated rings. The molecule has 0 bridgehead atoms. The Morgan fingerprint density at radius 1 is 0.955 bits per heavy atom. The van der Waals surface area contributed by atoms with E-state index < -0.39 is 0 Å². The van der Waals surface area contributed by atoms with Crippen LogP contribution < -0.4 is 9.47 Å². The fourth-order valence-electron chi connectivity index (χ4n) is 2.46. The molecule has 1 aromatic carbocycles. The van der Waals surface area contributed by atoms with E-state index in [2.05, 4.69) is 37.9 Å². The average Bonchev–Trinajstić information content (AvgIpc) is 2.53. The van der Waals surface area contributed by atoms with E-state index in [1.54, 1.807) is 7.11 Å². The Labute approximate surface area is 136 Å². The first-order valence-electron chi connectivity index (χ1n) is 8.69. The number of unbranched alkanes of at least 4 members (excludes halogenated alkanes) is 4. The second-order valence-corrected chi connectivity index (χ2v) is 5.99. The van der Waals surface area contributed by atoms with E-state index in [1.807, 2.05) is 6.07 Å². The van der Waals surface area contributed by atoms with Crippen LogP contribution in [-0.2, 0) is 6.54 Å². The van der Waals surface area contributed by atoms with E-state index in [9.17, 15) is 0 Å². The maximum Gasteiger partial charge on any atom is 0.161 e. The van der Waals surface area contributed by atoms with Crippen molar-refractivity contribution in [1.29, 1.82) is 0 Å². The van der Waals surface area contributed by atoms with Crippen LogP contribution in [0.3, 0.4) is 0 Å². The molecule has 22 heavy (non-hydrogen) atoms. The van der Waals surface area contributed by atoms with Crippen molar-refractivity contribution in [1.82, 2.24) is 4.90 Å². The first-order chi connectivity index (χ1) is 10.7. The molecular formula is C19H33NO2. The van der Waals surface area contributed by atoms with Crippen LogP contribution in [0.4, 0.5) is 0 Å². The van der Waals surface area contributed by atoms with E-state index in [0.29, 0.717) is 0 Å². The second kappa shape index (κ2) is 11.4. The molecule has 1 aromatic rings. The molecule has 0 spiro atoms. The zero-order valence-corrected chi connectivity index (χ0v) is 14.9. The van der Waals surface area contributed by atoms with Gasteiger partial charge in [-0.2, -0.15) is 0 Å². The van der Waals surface area contributed by atoms with Gasteiger partial charge in [-0.25, -0.2) is 0 Å². The Kier molecular flexibility index (Phi) is 9.72. The lowest BCUT2D eigenvalue weighted by Crippen LogP contribution is -2.18. The van der Waals surface area contributed by atoms with Gasteiger partial charge in [-0.05, 0) is 44.1 Å². The second-order valence-electron chi connectivity index (χ2n) is 5.99. The number of nitrogens with zero attached hydrogens (tertiary/aromatic N) is 1. The minimum Gasteiger partial charge on any atom is -0.493 e. The van der Waals surface area contributed by atoms with Crippen LogP contribution in [0.5, 0.6) is 11.5 Å². The summed E-state index contributed by atoms with van der Waals surface area (Å²) in [5, 5.41) is 0. The van der Waals surface area contributed by atoms with Gasteiger partial charge in [-0.1, -0.05) is 45.6 Å². The number of methoxy groups -OCH3 is 1. The van der Waals surface area contributed by atoms with Gasteiger partial charge in [0, 0.05) is 6.54 Å². The lowest BCUT2D eigenvalue weighted by Gasteiger charge is -2.17. The van der Waals surface area contributed by atoms with Gasteiger partial charge >= 0.3 is 0 Å². The zero-order chi connectivity index (χ0) is 16.2. The van der Waals surface area contributed by atoms with E-state index in [4.69, 9.17) is 9.47 Å². The first-order valence-corrected chi connectivity index (χ1v) is 8.69. The summed E-state index contributed by atoms with van der Waals surface area (Å²) in [4.78, 5) is 2.35. The fourth-order valence-corrected chi connectivity index (χ4v) is 2.46. The van der Waals surface area contributed by atoms with Gasteiger partial charge in [0.1, 0.15) is 0 Å². The molecule has 0 heterocycles. The summed E-state index contributed by atoms with van der Waals surface area (Å²) in [7, 11) is 3.88. The van der Waals surface area contributed by atoms with Gasteiger partial charge in [-0.3, -0.25) is 0 Å². The summed E-state index contributed by atoms with van der Waals surface area (Å²) in [6, 6.07) is 6.29. The molecule has 0 atom stereocenters. The lowest BCUT2D eigenvalue weighted by atomic mass is 10.2. The van der Waals surface area contributed by atoms with Gasteiger partial charge in [0.15, 0.2) is 11.5 Å². The maximum atomic E-state index is 5.86. The van der Waals surface area contributed by atoms with Crippen molar-refractivity contribution in [3.63, 3.8) is 0 Å². The Hall–Kier alpha value is -1.22. The molecule has 126 valence electrons. The van der Waals surface area contributed by atoms with Crippen LogP contribution in [0.15, 0.2) is 18.2 Å². The van der Waals surface area contributed by atoms with Crippen molar-refractivity contribution in [2.24, 2.45) is 0 Å². The van der Waals surface area contributed by atoms with Gasteiger partial charge in [0.2, 0.25) is 0 Å². The predicted molar refractivity (Wildman–Crippen MR) is 93.9 cm³/mol. The third kappa shape index (κ3) is 7.17. The Balaban J connectivity index is 2.51. The van der Waals surface area contributed by atoms with E-state index in [1.165, 1.54) is 37.7 Å². The van der Waals surface area contributed by atoms with Crippen molar-refractivity contribution in [2.75, 3.05) is 27.3 Å². The monoisotopic (exact) mass is 307 g/mol. The summed E-state index contributed by atoms with van der Waals surface area (Å²) in [6.07, 6.45) is 7.36. The minimum atomic E-state index is 0.770. The molecule has 1 rings (SSSR count). The third-order valence-corrected chi connectivity index (χ3v) is 3.83. The first kappa shape index (κ1) is 18.8. The van der Waals surface area contributed by atoms with Crippen LogP contribution in [0.2, 0.25) is 0 Å². The quantitative estimate of drug-likeness (QED) is 0.513. The summed E-state index contributed by atoms with van der Waals surface area (Å²) in [5.41, 5.74) is 1.27. The van der Waals surface area contributed by atoms with Crippen LogP contribution in [0, 0.1) is 0 Å². The van der Waals surface area contributed by atoms with Crippen molar-refractivity contribution in [3.8, 4) is 11.5 Å². The summed E-state index contributed by atoms with van der Waals surface area (Å²) in [5.74, 6) is 1.70. The van der Waals surface area contributed by atoms with Crippen molar-refractivity contribution in [3.05, 3.63) is 23.8 Å². The fraction of sp³-hybridized carbons (Fsp3) is 0.684. The molecule has 0 amide bonds. The van der Waals surface area contributed by atoms with Crippen LogP contribution in [0.1, 0.15) is 57.9 Å². The molecule has 0 unspecified atom stereocenters. The molecular weight excluding hydrogens is 274 g/mol. The van der Waals surface area contributed by atoms with Crippen molar-refractivity contribution >= 4 is 0 Å². The van der Waals surface area contributed by atoms with E-state index in [0.717, 1.165) is 37.6 Å². The normalized spacial score (nSPS) is 11.0. The van der Waals surface area contributed by atoms with E-state index in [-0.39, 0.29) is 0 Å². The van der Waals surface area contributed by atoms with Gasteiger partial charge in [0.25, 0.3) is 0 Å².